The van der Waals surface area contributed by atoms with Crippen LogP contribution in [0.2, 0.25) is 0 Å². The lowest BCUT2D eigenvalue weighted by molar-refractivity contribution is -0.138. The minimum Gasteiger partial charge on any atom is -0.444 e. The highest BCUT2D eigenvalue weighted by molar-refractivity contribution is 5.90. The molecule has 3 fully saturated rings. The van der Waals surface area contributed by atoms with Gasteiger partial charge in [-0.15, -0.1) is 0 Å². The maximum Gasteiger partial charge on any atom is 0.408 e. The smallest absolute Gasteiger partial charge is 0.408 e. The molecule has 3 aliphatic rings. The van der Waals surface area contributed by atoms with Crippen molar-refractivity contribution >= 4 is 29.9 Å². The Morgan fingerprint density at radius 2 is 1.37 bits per heavy atom. The molecule has 2 saturated carbocycles. The van der Waals surface area contributed by atoms with Crippen molar-refractivity contribution in [2.75, 3.05) is 45.1 Å². The lowest BCUT2D eigenvalue weighted by atomic mass is 9.84. The molecule has 1 aromatic rings. The standard InChI is InChI=1S/C37H62N8O7/c1-35(2,3)51-33(49)38-26-12-16-27(17-13-26)42(9)24-25-10-14-28(15-11-25)45-19-18-29(40-32(45)48)39-31(47)44-22-20-43(21-23-44)30(46)37(7,8)41-34(50)52-36(4,5)6/h18-19,25-28H,10-17,20-24H2,1-9H3,(H,38,49)(H,41,50)(H,39,40,47,48)/t25-,26-,27-,28-. The van der Waals surface area contributed by atoms with Crippen LogP contribution in [0.5, 0.6) is 0 Å². The van der Waals surface area contributed by atoms with E-state index in [2.05, 4.69) is 32.9 Å². The SMILES string of the molecule is CN(C[C@H]1CC[C@H](n2ccc(NC(=O)N3CCN(C(=O)C(C)(C)NC(=O)OC(C)(C)C)CC3)nc2=O)CC1)[C@H]1CC[C@H](NC(=O)OC(C)(C)C)CC1. The van der Waals surface area contributed by atoms with Crippen molar-refractivity contribution in [3.63, 3.8) is 0 Å². The van der Waals surface area contributed by atoms with Crippen LogP contribution < -0.4 is 21.6 Å². The van der Waals surface area contributed by atoms with Crippen molar-refractivity contribution in [1.29, 1.82) is 0 Å². The second-order valence-electron chi connectivity index (χ2n) is 17.2. The number of aromatic nitrogens is 2. The Morgan fingerprint density at radius 1 is 0.808 bits per heavy atom. The summed E-state index contributed by atoms with van der Waals surface area (Å²) >= 11 is 0. The molecule has 1 aromatic heterocycles. The van der Waals surface area contributed by atoms with Gasteiger partial charge in [0.25, 0.3) is 0 Å². The number of urea groups is 1. The molecule has 0 radical (unpaired) electrons. The van der Waals surface area contributed by atoms with Gasteiger partial charge in [-0.25, -0.2) is 19.2 Å². The third-order valence-electron chi connectivity index (χ3n) is 10.1. The van der Waals surface area contributed by atoms with E-state index in [0.29, 0.717) is 38.1 Å². The minimum absolute atomic E-state index is 0.0698. The summed E-state index contributed by atoms with van der Waals surface area (Å²) in [5.74, 6) is 0.487. The Morgan fingerprint density at radius 3 is 1.92 bits per heavy atom. The molecule has 4 rings (SSSR count). The van der Waals surface area contributed by atoms with E-state index in [0.717, 1.165) is 57.9 Å². The molecule has 3 N–H and O–H groups in total. The van der Waals surface area contributed by atoms with Gasteiger partial charge in [-0.3, -0.25) is 14.7 Å². The van der Waals surface area contributed by atoms with E-state index in [4.69, 9.17) is 9.47 Å². The number of amides is 5. The van der Waals surface area contributed by atoms with Gasteiger partial charge in [0, 0.05) is 57.0 Å². The number of hydrogen-bond acceptors (Lipinski definition) is 9. The van der Waals surface area contributed by atoms with Crippen molar-refractivity contribution in [3.05, 3.63) is 22.7 Å². The average molecular weight is 731 g/mol. The second-order valence-corrected chi connectivity index (χ2v) is 17.2. The van der Waals surface area contributed by atoms with E-state index in [1.807, 2.05) is 20.8 Å². The lowest BCUT2D eigenvalue weighted by Gasteiger charge is -2.38. The molecule has 0 unspecified atom stereocenters. The third kappa shape index (κ3) is 12.1. The van der Waals surface area contributed by atoms with E-state index in [1.165, 1.54) is 0 Å². The van der Waals surface area contributed by atoms with Crippen LogP contribution in [0.4, 0.5) is 20.2 Å². The van der Waals surface area contributed by atoms with Gasteiger partial charge in [0.15, 0.2) is 0 Å². The molecule has 0 spiro atoms. The Hall–Kier alpha value is -3.88. The first-order chi connectivity index (χ1) is 24.2. The van der Waals surface area contributed by atoms with Crippen molar-refractivity contribution in [3.8, 4) is 0 Å². The fourth-order valence-electron chi connectivity index (χ4n) is 7.37. The monoisotopic (exact) mass is 730 g/mol. The van der Waals surface area contributed by atoms with Gasteiger partial charge in [0.1, 0.15) is 22.6 Å². The van der Waals surface area contributed by atoms with Crippen LogP contribution in [0.25, 0.3) is 0 Å². The van der Waals surface area contributed by atoms with Crippen molar-refractivity contribution in [2.24, 2.45) is 5.92 Å². The van der Waals surface area contributed by atoms with Crippen LogP contribution in [-0.2, 0) is 14.3 Å². The lowest BCUT2D eigenvalue weighted by Crippen LogP contribution is -2.60. The quantitative estimate of drug-likeness (QED) is 0.343. The molecule has 0 bridgehead atoms. The predicted octanol–water partition coefficient (Wildman–Crippen LogP) is 4.72. The largest absolute Gasteiger partial charge is 0.444 e. The van der Waals surface area contributed by atoms with Gasteiger partial charge in [0.05, 0.1) is 0 Å². The summed E-state index contributed by atoms with van der Waals surface area (Å²) in [5, 5.41) is 8.41. The van der Waals surface area contributed by atoms with Crippen LogP contribution in [0, 0.1) is 5.92 Å². The topological polar surface area (TPSA) is 167 Å². The maximum absolute atomic E-state index is 13.2. The number of nitrogens with zero attached hydrogens (tertiary/aromatic N) is 5. The number of alkyl carbamates (subject to hydrolysis) is 2. The number of carbonyl (C=O) groups is 4. The molecule has 1 saturated heterocycles. The second kappa shape index (κ2) is 16.9. The summed E-state index contributed by atoms with van der Waals surface area (Å²) in [7, 11) is 2.20. The highest BCUT2D eigenvalue weighted by Crippen LogP contribution is 2.33. The molecule has 2 aliphatic carbocycles. The first-order valence-corrected chi connectivity index (χ1v) is 18.8. The first-order valence-electron chi connectivity index (χ1n) is 18.8. The fraction of sp³-hybridized carbons (Fsp3) is 0.784. The van der Waals surface area contributed by atoms with Gasteiger partial charge in [0.2, 0.25) is 5.91 Å². The number of rotatable bonds is 8. The molecule has 292 valence electrons. The average Bonchev–Trinajstić information content (AvgIpc) is 3.03. The molecule has 1 aliphatic heterocycles. The Bertz CT molecular complexity index is 1460. The van der Waals surface area contributed by atoms with Crippen LogP contribution >= 0.6 is 0 Å². The Balaban J connectivity index is 1.17. The molecule has 15 nitrogen and oxygen atoms in total. The Labute approximate surface area is 308 Å². The number of piperazine rings is 1. The molecule has 0 aromatic carbocycles. The van der Waals surface area contributed by atoms with Gasteiger partial charge < -0.3 is 34.8 Å². The van der Waals surface area contributed by atoms with E-state index < -0.39 is 22.8 Å². The predicted molar refractivity (Wildman–Crippen MR) is 198 cm³/mol. The third-order valence-corrected chi connectivity index (χ3v) is 10.1. The maximum atomic E-state index is 13.2. The molecule has 2 heterocycles. The summed E-state index contributed by atoms with van der Waals surface area (Å²) < 4.78 is 12.4. The summed E-state index contributed by atoms with van der Waals surface area (Å²) in [5.41, 5.74) is -2.75. The van der Waals surface area contributed by atoms with Crippen molar-refractivity contribution in [2.45, 2.75) is 142 Å². The molecular formula is C37H62N8O7. The van der Waals surface area contributed by atoms with Crippen LogP contribution in [-0.4, -0.2) is 117 Å². The van der Waals surface area contributed by atoms with E-state index in [-0.39, 0.29) is 41.6 Å². The normalized spacial score (nSPS) is 23.1. The van der Waals surface area contributed by atoms with E-state index in [1.54, 1.807) is 61.2 Å². The zero-order valence-electron chi connectivity index (χ0n) is 32.8. The summed E-state index contributed by atoms with van der Waals surface area (Å²) in [6, 6.07) is 2.00. The van der Waals surface area contributed by atoms with E-state index in [9.17, 15) is 24.0 Å². The number of hydrogen-bond donors (Lipinski definition) is 3. The summed E-state index contributed by atoms with van der Waals surface area (Å²) in [6.45, 7) is 16.3. The van der Waals surface area contributed by atoms with Crippen molar-refractivity contribution in [1.82, 2.24) is 34.9 Å². The number of anilines is 1. The molecule has 5 amide bonds. The minimum atomic E-state index is -1.18. The number of nitrogens with one attached hydrogen (secondary N) is 3. The van der Waals surface area contributed by atoms with Crippen LogP contribution in [0.15, 0.2) is 17.1 Å². The van der Waals surface area contributed by atoms with Crippen molar-refractivity contribution < 1.29 is 28.7 Å². The molecule has 0 atom stereocenters. The van der Waals surface area contributed by atoms with Crippen LogP contribution in [0.1, 0.15) is 113 Å². The molecule has 52 heavy (non-hydrogen) atoms. The first kappa shape index (κ1) is 40.9. The fourth-order valence-corrected chi connectivity index (χ4v) is 7.37. The van der Waals surface area contributed by atoms with Gasteiger partial charge in [-0.1, -0.05) is 0 Å². The highest BCUT2D eigenvalue weighted by atomic mass is 16.6. The molecule has 15 heteroatoms. The van der Waals surface area contributed by atoms with Gasteiger partial charge in [-0.2, -0.15) is 4.98 Å². The zero-order valence-corrected chi connectivity index (χ0v) is 32.8. The Kier molecular flexibility index (Phi) is 13.2. The summed E-state index contributed by atoms with van der Waals surface area (Å²) in [4.78, 5) is 73.5. The van der Waals surface area contributed by atoms with Gasteiger partial charge in [-0.05, 0) is 126 Å². The zero-order chi connectivity index (χ0) is 38.4. The number of carbonyl (C=O) groups excluding carboxylic acids is 4. The highest BCUT2D eigenvalue weighted by Gasteiger charge is 2.37. The van der Waals surface area contributed by atoms with E-state index >= 15 is 0 Å². The van der Waals surface area contributed by atoms with Gasteiger partial charge >= 0.3 is 23.9 Å². The van der Waals surface area contributed by atoms with Crippen LogP contribution in [0.3, 0.4) is 0 Å². The number of ether oxygens (including phenoxy) is 2. The summed E-state index contributed by atoms with van der Waals surface area (Å²) in [6.07, 6.45) is 8.53. The molecular weight excluding hydrogens is 668 g/mol.